The molecule has 0 saturated carbocycles. The predicted molar refractivity (Wildman–Crippen MR) is 335 cm³/mol. The number of aliphatic hydroxyl groups excluding tert-OH is 8. The van der Waals surface area contributed by atoms with Crippen LogP contribution in [0.5, 0.6) is 0 Å². The Balaban J connectivity index is 0.884. The molecule has 5 saturated heterocycles. The summed E-state index contributed by atoms with van der Waals surface area (Å²) < 4.78 is 37.4. The van der Waals surface area contributed by atoms with Crippen molar-refractivity contribution in [2.24, 2.45) is 5.92 Å². The number of allylic oxidation sites excluding steroid dienone is 1. The first-order valence-electron chi connectivity index (χ1n) is 35.1. The molecule has 5 rings (SSSR count). The third kappa shape index (κ3) is 27.9. The van der Waals surface area contributed by atoms with E-state index in [1.165, 1.54) is 155 Å². The lowest BCUT2D eigenvalue weighted by Crippen LogP contribution is -2.59. The van der Waals surface area contributed by atoms with Crippen LogP contribution in [0.3, 0.4) is 0 Å². The van der Waals surface area contributed by atoms with Crippen molar-refractivity contribution in [3.05, 3.63) is 24.8 Å². The minimum absolute atomic E-state index is 0.0508. The molecule has 5 aliphatic heterocycles. The Bertz CT molecular complexity index is 1790. The molecule has 0 radical (unpaired) electrons. The fraction of sp³-hybridized carbons (Fsp3) is 0.929. The molecule has 18 atom stereocenters. The van der Waals surface area contributed by atoms with Gasteiger partial charge < -0.3 is 69.3 Å². The number of ether oxygens (including phenoxy) is 6. The third-order valence-corrected chi connectivity index (χ3v) is 19.6. The van der Waals surface area contributed by atoms with Crippen molar-refractivity contribution in [3.63, 3.8) is 0 Å². The van der Waals surface area contributed by atoms with Crippen LogP contribution in [0, 0.1) is 5.92 Å². The van der Waals surface area contributed by atoms with E-state index in [0.29, 0.717) is 32.1 Å². The second kappa shape index (κ2) is 41.1. The number of hydrogen-bond acceptors (Lipinski definition) is 15. The van der Waals surface area contributed by atoms with E-state index in [1.807, 2.05) is 6.08 Å². The van der Waals surface area contributed by atoms with Crippen LogP contribution in [0.2, 0.25) is 0 Å². The Morgan fingerprint density at radius 3 is 1.49 bits per heavy atom. The normalized spacial score (nSPS) is 31.3. The molecule has 5 aliphatic rings. The lowest BCUT2D eigenvalue weighted by molar-refractivity contribution is -0.241. The Morgan fingerprint density at radius 2 is 0.988 bits per heavy atom. The monoisotopic (exact) mass is 1210 g/mol. The summed E-state index contributed by atoms with van der Waals surface area (Å²) in [7, 11) is 1.35. The largest absolute Gasteiger partial charge is 0.393 e. The van der Waals surface area contributed by atoms with Crippen molar-refractivity contribution in [1.82, 2.24) is 0 Å². The van der Waals surface area contributed by atoms with Gasteiger partial charge in [-0.05, 0) is 70.1 Å². The van der Waals surface area contributed by atoms with Crippen molar-refractivity contribution in [1.29, 1.82) is 0 Å². The average molecular weight is 1210 g/mol. The zero-order chi connectivity index (χ0) is 61.5. The molecule has 5 fully saturated rings. The average Bonchev–Trinajstić information content (AvgIpc) is 3.20. The first-order chi connectivity index (χ1) is 41.0. The highest BCUT2D eigenvalue weighted by Crippen LogP contribution is 2.46. The number of hydrogen-bond donors (Lipinski definition) is 8. The SMILES string of the molecule is C=CCCCCCCCCCCCCCCCCCCCCCC1CC[C@@]2(C[C@@H](O)[C@H](CC(O)CC(C)CCCC3CC[C@]4(C[C@@H](O)[C@H](CC(O)C[C@H]5O[C@@H](CC(O)CC(=O)CC(O)CC(=C)CCCCCCC)[C@H](O)[C@@H](OC)[C@@H]5O)O4)O3)O2)O1. The highest BCUT2D eigenvalue weighted by atomic mass is 16.7. The maximum absolute atomic E-state index is 12.8. The predicted octanol–water partition coefficient (Wildman–Crippen LogP) is 12.8. The van der Waals surface area contributed by atoms with E-state index in [2.05, 4.69) is 27.0 Å². The fourth-order valence-corrected chi connectivity index (χ4v) is 14.7. The molecule has 0 amide bonds. The Labute approximate surface area is 515 Å². The summed E-state index contributed by atoms with van der Waals surface area (Å²) in [4.78, 5) is 12.8. The van der Waals surface area contributed by atoms with Gasteiger partial charge in [0.25, 0.3) is 0 Å². The van der Waals surface area contributed by atoms with Gasteiger partial charge in [-0.15, -0.1) is 6.58 Å². The number of unbranched alkanes of at least 4 members (excludes halogenated alkanes) is 23. The van der Waals surface area contributed by atoms with E-state index >= 15 is 0 Å². The van der Waals surface area contributed by atoms with Gasteiger partial charge in [-0.3, -0.25) is 4.79 Å². The lowest BCUT2D eigenvalue weighted by atomic mass is 9.88. The number of rotatable bonds is 49. The maximum atomic E-state index is 12.8. The molecule has 496 valence electrons. The first-order valence-corrected chi connectivity index (χ1v) is 35.1. The topological polar surface area (TPSA) is 234 Å². The van der Waals surface area contributed by atoms with Crippen molar-refractivity contribution >= 4 is 5.78 Å². The summed E-state index contributed by atoms with van der Waals surface area (Å²) >= 11 is 0. The second-order valence-corrected chi connectivity index (χ2v) is 27.6. The van der Waals surface area contributed by atoms with Crippen LogP contribution in [-0.2, 0) is 33.2 Å². The molecule has 2 spiro atoms. The number of Topliss-reactive ketones (excluding diaryl/α,β-unsaturated/α-hetero) is 1. The highest BCUT2D eigenvalue weighted by Gasteiger charge is 2.53. The van der Waals surface area contributed by atoms with Crippen LogP contribution in [0.1, 0.15) is 296 Å². The summed E-state index contributed by atoms with van der Waals surface area (Å²) in [5.74, 6) is -1.75. The Hall–Kier alpha value is -1.41. The molecule has 85 heavy (non-hydrogen) atoms. The summed E-state index contributed by atoms with van der Waals surface area (Å²) in [6, 6.07) is 0. The smallest absolute Gasteiger partial charge is 0.171 e. The number of aliphatic hydroxyl groups is 8. The van der Waals surface area contributed by atoms with Gasteiger partial charge in [0.05, 0.1) is 73.2 Å². The van der Waals surface area contributed by atoms with E-state index in [4.69, 9.17) is 28.4 Å². The molecular weight excluding hydrogens is 1080 g/mol. The van der Waals surface area contributed by atoms with Crippen LogP contribution in [0.25, 0.3) is 0 Å². The molecule has 0 aromatic heterocycles. The van der Waals surface area contributed by atoms with Gasteiger partial charge in [-0.2, -0.15) is 0 Å². The van der Waals surface area contributed by atoms with Crippen LogP contribution in [0.4, 0.5) is 0 Å². The standard InChI is InChI=1S/C70H126O15/c1-6-8-10-12-13-14-15-16-17-18-19-20-21-22-23-24-25-26-27-29-31-35-58-37-39-69(82-58)49-60(76)62(84-69)45-54(72)42-52(4)34-32-36-59-38-40-70(83-59)50-61(77)63(85-70)46-57(75)48-65-67(79)68(80-5)66(78)64(81-65)47-56(74)44-55(73)43-53(71)41-51(3)33-30-28-11-9-7-2/h6,52-54,56-68,71-72,74-79H,1,3,7-50H2,2,4-5H3/t52?,53?,54?,56?,57?,58?,59?,60-,61-,62+,63+,64+,65-,66+,67-,68-,69-,70+/m1/s1. The molecule has 15 heteroatoms. The van der Waals surface area contributed by atoms with E-state index < -0.39 is 90.9 Å². The van der Waals surface area contributed by atoms with Crippen LogP contribution in [-0.4, -0.2) is 157 Å². The zero-order valence-corrected chi connectivity index (χ0v) is 53.8. The van der Waals surface area contributed by atoms with Gasteiger partial charge in [0.15, 0.2) is 11.6 Å². The van der Waals surface area contributed by atoms with Gasteiger partial charge in [-0.1, -0.05) is 186 Å². The number of methoxy groups -OCH3 is 1. The molecule has 15 nitrogen and oxygen atoms in total. The van der Waals surface area contributed by atoms with E-state index in [1.54, 1.807) is 0 Å². The number of ketones is 1. The summed E-state index contributed by atoms with van der Waals surface area (Å²) in [5, 5.41) is 88.4. The molecule has 8 N–H and O–H groups in total. The summed E-state index contributed by atoms with van der Waals surface area (Å²) in [6.45, 7) is 12.2. The van der Waals surface area contributed by atoms with Crippen molar-refractivity contribution in [2.45, 2.75) is 399 Å². The van der Waals surface area contributed by atoms with Crippen LogP contribution < -0.4 is 0 Å². The van der Waals surface area contributed by atoms with Crippen molar-refractivity contribution in [2.75, 3.05) is 7.11 Å². The Morgan fingerprint density at radius 1 is 0.553 bits per heavy atom. The maximum Gasteiger partial charge on any atom is 0.171 e. The van der Waals surface area contributed by atoms with E-state index in [-0.39, 0.29) is 62.4 Å². The summed E-state index contributed by atoms with van der Waals surface area (Å²) in [5.41, 5.74) is 0.902. The number of carbonyl (C=O) groups is 1. The molecule has 7 unspecified atom stereocenters. The van der Waals surface area contributed by atoms with Crippen molar-refractivity contribution < 1.29 is 74.1 Å². The minimum atomic E-state index is -1.32. The lowest BCUT2D eigenvalue weighted by Gasteiger charge is -2.43. The van der Waals surface area contributed by atoms with Gasteiger partial charge in [0.1, 0.15) is 24.1 Å². The first kappa shape index (κ1) is 74.3. The van der Waals surface area contributed by atoms with Gasteiger partial charge >= 0.3 is 0 Å². The van der Waals surface area contributed by atoms with Gasteiger partial charge in [-0.25, -0.2) is 0 Å². The van der Waals surface area contributed by atoms with Gasteiger partial charge in [0.2, 0.25) is 0 Å². The molecule has 0 aromatic carbocycles. The quantitative estimate of drug-likeness (QED) is 0.0209. The van der Waals surface area contributed by atoms with E-state index in [0.717, 1.165) is 69.8 Å². The highest BCUT2D eigenvalue weighted by molar-refractivity contribution is 5.79. The van der Waals surface area contributed by atoms with Crippen LogP contribution >= 0.6 is 0 Å². The Kier molecular flexibility index (Phi) is 36.0. The molecular formula is C70H126O15. The third-order valence-electron chi connectivity index (χ3n) is 19.6. The molecule has 0 bridgehead atoms. The minimum Gasteiger partial charge on any atom is -0.393 e. The van der Waals surface area contributed by atoms with Gasteiger partial charge in [0, 0.05) is 71.3 Å². The fourth-order valence-electron chi connectivity index (χ4n) is 14.7. The molecule has 5 heterocycles. The van der Waals surface area contributed by atoms with Crippen LogP contribution in [0.15, 0.2) is 24.8 Å². The molecule has 0 aromatic rings. The summed E-state index contributed by atoms with van der Waals surface area (Å²) in [6.07, 6.45) is 31.8. The zero-order valence-electron chi connectivity index (χ0n) is 53.8. The van der Waals surface area contributed by atoms with Crippen molar-refractivity contribution in [3.8, 4) is 0 Å². The number of carbonyl (C=O) groups excluding carboxylic acids is 1. The molecule has 0 aliphatic carbocycles. The second-order valence-electron chi connectivity index (χ2n) is 27.6. The van der Waals surface area contributed by atoms with E-state index in [9.17, 15) is 45.6 Å².